The summed E-state index contributed by atoms with van der Waals surface area (Å²) in [5, 5.41) is 15.3. The molecule has 0 aliphatic carbocycles. The maximum absolute atomic E-state index is 13.7. The van der Waals surface area contributed by atoms with E-state index in [4.69, 9.17) is 4.74 Å². The van der Waals surface area contributed by atoms with Crippen LogP contribution in [0.25, 0.3) is 0 Å². The first-order chi connectivity index (χ1) is 16.7. The van der Waals surface area contributed by atoms with Crippen LogP contribution in [0.4, 0.5) is 0 Å². The molecule has 3 saturated heterocycles. The van der Waals surface area contributed by atoms with Crippen molar-refractivity contribution < 1.29 is 33.8 Å². The van der Waals surface area contributed by atoms with Crippen LogP contribution >= 0.6 is 0 Å². The summed E-state index contributed by atoms with van der Waals surface area (Å²) in [6, 6.07) is 5.36. The van der Waals surface area contributed by atoms with Gasteiger partial charge in [-0.25, -0.2) is 0 Å². The fraction of sp³-hybridized carbons (Fsp3) is 0.542. The third-order valence-electron chi connectivity index (χ3n) is 6.79. The minimum Gasteiger partial charge on any atom is -0.434 e. The predicted molar refractivity (Wildman–Crippen MR) is 121 cm³/mol. The van der Waals surface area contributed by atoms with E-state index in [0.717, 1.165) is 6.42 Å². The summed E-state index contributed by atoms with van der Waals surface area (Å²) in [6.45, 7) is 1.67. The van der Waals surface area contributed by atoms with Gasteiger partial charge in [0.1, 0.15) is 18.1 Å². The highest BCUT2D eigenvalue weighted by molar-refractivity contribution is 5.98. The molecule has 4 amide bonds. The van der Waals surface area contributed by atoms with Crippen LogP contribution in [0.1, 0.15) is 49.4 Å². The zero-order valence-electron chi connectivity index (χ0n) is 19.5. The van der Waals surface area contributed by atoms with E-state index < -0.39 is 42.3 Å². The lowest BCUT2D eigenvalue weighted by molar-refractivity contribution is -0.158. The Kier molecular flexibility index (Phi) is 7.34. The molecule has 0 saturated carbocycles. The first-order valence-electron chi connectivity index (χ1n) is 11.9. The van der Waals surface area contributed by atoms with Gasteiger partial charge in [0.15, 0.2) is 0 Å². The molecule has 5 atom stereocenters. The Hall–Kier alpha value is -3.47. The van der Waals surface area contributed by atoms with Gasteiger partial charge in [-0.15, -0.1) is 0 Å². The van der Waals surface area contributed by atoms with Crippen LogP contribution in [0.5, 0.6) is 0 Å². The van der Waals surface area contributed by atoms with Gasteiger partial charge >= 0.3 is 5.97 Å². The average Bonchev–Trinajstić information content (AvgIpc) is 3.15. The van der Waals surface area contributed by atoms with Crippen LogP contribution in [0, 0.1) is 0 Å². The minimum atomic E-state index is -1.48. The van der Waals surface area contributed by atoms with Gasteiger partial charge in [-0.2, -0.15) is 0 Å². The average molecular weight is 487 g/mol. The van der Waals surface area contributed by atoms with Crippen LogP contribution in [-0.2, 0) is 23.9 Å². The number of aliphatic hydroxyl groups excluding tert-OH is 1. The maximum atomic E-state index is 13.7. The number of esters is 1. The van der Waals surface area contributed by atoms with Crippen molar-refractivity contribution in [2.24, 2.45) is 0 Å². The molecule has 3 aliphatic rings. The molecule has 1 aromatic rings. The number of fused-ring (bicyclic) bond motifs is 1. The molecule has 11 heteroatoms. The molecule has 11 nitrogen and oxygen atoms in total. The van der Waals surface area contributed by atoms with E-state index in [9.17, 15) is 29.1 Å². The zero-order valence-corrected chi connectivity index (χ0v) is 19.5. The van der Waals surface area contributed by atoms with Crippen LogP contribution in [0.15, 0.2) is 30.3 Å². The number of piperazine rings is 1. The number of ether oxygens (including phenoxy) is 1. The van der Waals surface area contributed by atoms with Gasteiger partial charge in [0.2, 0.25) is 24.0 Å². The SMILES string of the molecule is CC(=O)N1C[C@@H]2CCCC[C@H](NC(=O)c3ccccc3)C(=O)N2[C@H](C(=O)NC2CC(=O)OC2O)C1. The first kappa shape index (κ1) is 24.6. The monoisotopic (exact) mass is 486 g/mol. The number of amides is 4. The number of rotatable bonds is 4. The molecule has 0 spiro atoms. The predicted octanol–water partition coefficient (Wildman–Crippen LogP) is -0.463. The number of cyclic esters (lactones) is 1. The molecule has 2 unspecified atom stereocenters. The Labute approximate surface area is 202 Å². The summed E-state index contributed by atoms with van der Waals surface area (Å²) in [4.78, 5) is 66.6. The van der Waals surface area contributed by atoms with Crippen LogP contribution in [0.2, 0.25) is 0 Å². The molecule has 4 rings (SSSR count). The Morgan fingerprint density at radius 2 is 1.74 bits per heavy atom. The minimum absolute atomic E-state index is 0.0274. The summed E-state index contributed by atoms with van der Waals surface area (Å²) < 4.78 is 4.70. The molecule has 3 aliphatic heterocycles. The van der Waals surface area contributed by atoms with Gasteiger partial charge in [-0.05, 0) is 25.0 Å². The molecule has 3 N–H and O–H groups in total. The number of carbonyl (C=O) groups is 5. The Bertz CT molecular complexity index is 1000. The first-order valence-corrected chi connectivity index (χ1v) is 11.9. The van der Waals surface area contributed by atoms with Gasteiger partial charge in [0.25, 0.3) is 5.91 Å². The molecule has 188 valence electrons. The summed E-state index contributed by atoms with van der Waals surface area (Å²) in [7, 11) is 0. The number of carbonyl (C=O) groups excluding carboxylic acids is 5. The van der Waals surface area contributed by atoms with E-state index in [1.165, 1.54) is 16.7 Å². The summed E-state index contributed by atoms with van der Waals surface area (Å²) in [6.07, 6.45) is 0.830. The van der Waals surface area contributed by atoms with Gasteiger partial charge in [0, 0.05) is 19.0 Å². The number of hydrogen-bond donors (Lipinski definition) is 3. The van der Waals surface area contributed by atoms with E-state index in [-0.39, 0.29) is 37.2 Å². The highest BCUT2D eigenvalue weighted by Gasteiger charge is 2.46. The third-order valence-corrected chi connectivity index (χ3v) is 6.79. The van der Waals surface area contributed by atoms with Crippen molar-refractivity contribution in [3.8, 4) is 0 Å². The quantitative estimate of drug-likeness (QED) is 0.488. The van der Waals surface area contributed by atoms with Crippen LogP contribution in [0.3, 0.4) is 0 Å². The van der Waals surface area contributed by atoms with Crippen LogP contribution in [-0.4, -0.2) is 88.1 Å². The Morgan fingerprint density at radius 1 is 1.03 bits per heavy atom. The largest absolute Gasteiger partial charge is 0.434 e. The molecular weight excluding hydrogens is 456 g/mol. The lowest BCUT2D eigenvalue weighted by Gasteiger charge is -2.48. The lowest BCUT2D eigenvalue weighted by Crippen LogP contribution is -2.68. The number of aliphatic hydroxyl groups is 1. The lowest BCUT2D eigenvalue weighted by atomic mass is 9.93. The summed E-state index contributed by atoms with van der Waals surface area (Å²) >= 11 is 0. The van der Waals surface area contributed by atoms with Crippen molar-refractivity contribution in [2.75, 3.05) is 13.1 Å². The van der Waals surface area contributed by atoms with E-state index in [1.54, 1.807) is 30.3 Å². The third kappa shape index (κ3) is 5.45. The van der Waals surface area contributed by atoms with Gasteiger partial charge in [0.05, 0.1) is 19.0 Å². The number of nitrogens with one attached hydrogen (secondary N) is 2. The van der Waals surface area contributed by atoms with Crippen molar-refractivity contribution in [1.82, 2.24) is 20.4 Å². The standard InChI is InChI=1S/C24H30N4O7/c1-14(29)27-12-16-9-5-6-10-17(25-21(31)15-7-3-2-4-8-15)23(33)28(16)19(13-27)22(32)26-18-11-20(30)35-24(18)34/h2-4,7-8,16-19,24,34H,5-6,9-13H2,1H3,(H,25,31)(H,26,32)/t16-,17-,18?,19-,24?/m0/s1. The summed E-state index contributed by atoms with van der Waals surface area (Å²) in [5.74, 6) is -2.22. The molecule has 0 radical (unpaired) electrons. The van der Waals surface area contributed by atoms with Gasteiger partial charge in [-0.1, -0.05) is 31.0 Å². The number of nitrogens with zero attached hydrogens (tertiary/aromatic N) is 2. The van der Waals surface area contributed by atoms with Crippen molar-refractivity contribution in [3.63, 3.8) is 0 Å². The fourth-order valence-corrected chi connectivity index (χ4v) is 4.94. The number of benzene rings is 1. The normalized spacial score (nSPS) is 28.9. The molecule has 3 heterocycles. The van der Waals surface area contributed by atoms with Crippen LogP contribution < -0.4 is 10.6 Å². The second kappa shape index (κ2) is 10.4. The summed E-state index contributed by atoms with van der Waals surface area (Å²) in [5.41, 5.74) is 0.425. The molecule has 0 aromatic heterocycles. The van der Waals surface area contributed by atoms with Gasteiger partial charge in [-0.3, -0.25) is 24.0 Å². The molecule has 35 heavy (non-hydrogen) atoms. The van der Waals surface area contributed by atoms with E-state index in [0.29, 0.717) is 24.8 Å². The Morgan fingerprint density at radius 3 is 2.40 bits per heavy atom. The molecule has 1 aromatic carbocycles. The number of hydrogen-bond acceptors (Lipinski definition) is 7. The van der Waals surface area contributed by atoms with Crippen molar-refractivity contribution in [1.29, 1.82) is 0 Å². The van der Waals surface area contributed by atoms with Crippen molar-refractivity contribution >= 4 is 29.6 Å². The topological polar surface area (TPSA) is 145 Å². The fourth-order valence-electron chi connectivity index (χ4n) is 4.94. The highest BCUT2D eigenvalue weighted by atomic mass is 16.6. The molecule has 0 bridgehead atoms. The molecule has 3 fully saturated rings. The second-order valence-electron chi connectivity index (χ2n) is 9.22. The zero-order chi connectivity index (χ0) is 25.1. The van der Waals surface area contributed by atoms with Gasteiger partial charge < -0.3 is 30.3 Å². The smallest absolute Gasteiger partial charge is 0.310 e. The highest BCUT2D eigenvalue weighted by Crippen LogP contribution is 2.26. The van der Waals surface area contributed by atoms with E-state index in [1.807, 2.05) is 0 Å². The van der Waals surface area contributed by atoms with E-state index >= 15 is 0 Å². The van der Waals surface area contributed by atoms with E-state index in [2.05, 4.69) is 10.6 Å². The second-order valence-corrected chi connectivity index (χ2v) is 9.22. The maximum Gasteiger partial charge on any atom is 0.310 e. The van der Waals surface area contributed by atoms with Crippen molar-refractivity contribution in [3.05, 3.63) is 35.9 Å². The Balaban J connectivity index is 1.58. The van der Waals surface area contributed by atoms with Crippen molar-refractivity contribution in [2.45, 2.75) is 69.5 Å². The molecular formula is C24H30N4O7.